The van der Waals surface area contributed by atoms with E-state index in [1.165, 1.54) is 0 Å². The van der Waals surface area contributed by atoms with E-state index in [9.17, 15) is 31.1 Å². The van der Waals surface area contributed by atoms with Crippen molar-refractivity contribution >= 4 is 6.29 Å². The van der Waals surface area contributed by atoms with Crippen LogP contribution in [0.2, 0.25) is 0 Å². The minimum absolute atomic E-state index is 0.158. The maximum absolute atomic E-state index is 13.5. The highest BCUT2D eigenvalue weighted by Gasteiger charge is 2.28. The summed E-state index contributed by atoms with van der Waals surface area (Å²) in [5, 5.41) is 0. The normalized spacial score (nSPS) is 10.7. The number of aldehydes is 1. The quantitative estimate of drug-likeness (QED) is 0.279. The van der Waals surface area contributed by atoms with E-state index in [-0.39, 0.29) is 6.29 Å². The first-order valence-electron chi connectivity index (χ1n) is 5.02. The molecule has 0 fully saturated rings. The standard InChI is InChI=1S/C12H3F6NO/c13-7-6(8(14)10(16)11(17)9(7)15)5-2-1-4(3-20)19-12(5)18/h1-3H. The van der Waals surface area contributed by atoms with Gasteiger partial charge in [-0.1, -0.05) is 0 Å². The fraction of sp³-hybridized carbons (Fsp3) is 0. The van der Waals surface area contributed by atoms with Gasteiger partial charge in [-0.2, -0.15) is 4.39 Å². The van der Waals surface area contributed by atoms with Gasteiger partial charge in [-0.15, -0.1) is 0 Å². The highest BCUT2D eigenvalue weighted by molar-refractivity contribution is 5.74. The molecule has 0 atom stereocenters. The lowest BCUT2D eigenvalue weighted by molar-refractivity contribution is 0.111. The second-order valence-electron chi connectivity index (χ2n) is 3.64. The van der Waals surface area contributed by atoms with Crippen LogP contribution in [-0.2, 0) is 0 Å². The van der Waals surface area contributed by atoms with Crippen molar-refractivity contribution in [1.82, 2.24) is 4.98 Å². The van der Waals surface area contributed by atoms with E-state index in [0.29, 0.717) is 6.07 Å². The van der Waals surface area contributed by atoms with Gasteiger partial charge in [-0.05, 0) is 12.1 Å². The number of hydrogen-bond acceptors (Lipinski definition) is 2. The number of carbonyl (C=O) groups excluding carboxylic acids is 1. The second-order valence-corrected chi connectivity index (χ2v) is 3.64. The molecule has 0 radical (unpaired) electrons. The topological polar surface area (TPSA) is 30.0 Å². The van der Waals surface area contributed by atoms with Crippen LogP contribution in [0.15, 0.2) is 12.1 Å². The molecule has 0 amide bonds. The summed E-state index contributed by atoms with van der Waals surface area (Å²) in [6.45, 7) is 0. The van der Waals surface area contributed by atoms with Gasteiger partial charge in [-0.25, -0.2) is 26.9 Å². The molecule has 2 rings (SSSR count). The van der Waals surface area contributed by atoms with Crippen molar-refractivity contribution in [3.05, 3.63) is 52.9 Å². The van der Waals surface area contributed by atoms with Gasteiger partial charge in [0.05, 0.1) is 5.56 Å². The van der Waals surface area contributed by atoms with Crippen LogP contribution < -0.4 is 0 Å². The zero-order chi connectivity index (χ0) is 15.0. The molecule has 0 spiro atoms. The predicted molar refractivity (Wildman–Crippen MR) is 54.8 cm³/mol. The number of halogens is 6. The summed E-state index contributed by atoms with van der Waals surface area (Å²) in [7, 11) is 0. The van der Waals surface area contributed by atoms with E-state index in [4.69, 9.17) is 0 Å². The maximum Gasteiger partial charge on any atom is 0.221 e. The van der Waals surface area contributed by atoms with Crippen molar-refractivity contribution in [2.75, 3.05) is 0 Å². The Morgan fingerprint density at radius 1 is 0.800 bits per heavy atom. The van der Waals surface area contributed by atoms with Gasteiger partial charge in [0.25, 0.3) is 0 Å². The first-order valence-corrected chi connectivity index (χ1v) is 5.02. The highest BCUT2D eigenvalue weighted by Crippen LogP contribution is 2.32. The molecular formula is C12H3F6NO. The average molecular weight is 291 g/mol. The van der Waals surface area contributed by atoms with Crippen molar-refractivity contribution in [2.24, 2.45) is 0 Å². The van der Waals surface area contributed by atoms with E-state index < -0.39 is 51.9 Å². The third-order valence-corrected chi connectivity index (χ3v) is 2.47. The van der Waals surface area contributed by atoms with Crippen LogP contribution in [0.1, 0.15) is 10.5 Å². The van der Waals surface area contributed by atoms with Crippen LogP contribution in [0.4, 0.5) is 26.3 Å². The minimum atomic E-state index is -2.35. The van der Waals surface area contributed by atoms with Gasteiger partial charge in [0, 0.05) is 5.56 Å². The number of pyridine rings is 1. The van der Waals surface area contributed by atoms with Crippen LogP contribution >= 0.6 is 0 Å². The number of rotatable bonds is 2. The number of hydrogen-bond donors (Lipinski definition) is 0. The summed E-state index contributed by atoms with van der Waals surface area (Å²) in [5.74, 6) is -12.6. The fourth-order valence-corrected chi connectivity index (χ4v) is 1.54. The third kappa shape index (κ3) is 2.02. The van der Waals surface area contributed by atoms with Crippen molar-refractivity contribution in [1.29, 1.82) is 0 Å². The molecule has 8 heteroatoms. The Hall–Kier alpha value is -2.38. The number of nitrogens with zero attached hydrogens (tertiary/aromatic N) is 1. The Balaban J connectivity index is 2.80. The zero-order valence-electron chi connectivity index (χ0n) is 9.36. The molecule has 0 saturated heterocycles. The number of carbonyl (C=O) groups is 1. The Kier molecular flexibility index (Phi) is 3.47. The summed E-state index contributed by atoms with van der Waals surface area (Å²) in [5.41, 5.74) is -2.78. The largest absolute Gasteiger partial charge is 0.296 e. The monoisotopic (exact) mass is 291 g/mol. The molecule has 0 bridgehead atoms. The molecule has 0 saturated carbocycles. The van der Waals surface area contributed by atoms with Crippen molar-refractivity contribution in [3.8, 4) is 11.1 Å². The summed E-state index contributed by atoms with van der Waals surface area (Å²) >= 11 is 0. The first kappa shape index (κ1) is 14.0. The van der Waals surface area contributed by atoms with E-state index in [1.807, 2.05) is 0 Å². The molecule has 0 aliphatic heterocycles. The molecule has 0 aliphatic carbocycles. The van der Waals surface area contributed by atoms with Gasteiger partial charge in [0.1, 0.15) is 5.69 Å². The summed E-state index contributed by atoms with van der Waals surface area (Å²) in [6.07, 6.45) is 0.158. The number of benzene rings is 1. The number of aromatic nitrogens is 1. The van der Waals surface area contributed by atoms with Crippen LogP contribution in [0.3, 0.4) is 0 Å². The van der Waals surface area contributed by atoms with Crippen molar-refractivity contribution < 1.29 is 31.1 Å². The lowest BCUT2D eigenvalue weighted by Crippen LogP contribution is -2.06. The molecule has 20 heavy (non-hydrogen) atoms. The molecule has 2 nitrogen and oxygen atoms in total. The zero-order valence-corrected chi connectivity index (χ0v) is 9.36. The molecular weight excluding hydrogens is 288 g/mol. The van der Waals surface area contributed by atoms with Crippen molar-refractivity contribution in [2.45, 2.75) is 0 Å². The molecule has 104 valence electrons. The Labute approximate surface area is 107 Å². The van der Waals surface area contributed by atoms with Gasteiger partial charge < -0.3 is 0 Å². The lowest BCUT2D eigenvalue weighted by Gasteiger charge is -2.09. The fourth-order valence-electron chi connectivity index (χ4n) is 1.54. The molecule has 0 N–H and O–H groups in total. The Morgan fingerprint density at radius 2 is 1.30 bits per heavy atom. The van der Waals surface area contributed by atoms with E-state index >= 15 is 0 Å². The molecule has 1 aromatic carbocycles. The van der Waals surface area contributed by atoms with Crippen LogP contribution in [0.25, 0.3) is 11.1 Å². The smallest absolute Gasteiger partial charge is 0.221 e. The third-order valence-electron chi connectivity index (χ3n) is 2.47. The lowest BCUT2D eigenvalue weighted by atomic mass is 10.0. The molecule has 0 aliphatic rings. The summed E-state index contributed by atoms with van der Waals surface area (Å²) < 4.78 is 79.3. The van der Waals surface area contributed by atoms with E-state index in [1.54, 1.807) is 0 Å². The Bertz CT molecular complexity index is 687. The maximum atomic E-state index is 13.5. The highest BCUT2D eigenvalue weighted by atomic mass is 19.2. The van der Waals surface area contributed by atoms with Crippen LogP contribution in [0, 0.1) is 35.0 Å². The van der Waals surface area contributed by atoms with Crippen LogP contribution in [0.5, 0.6) is 0 Å². The SMILES string of the molecule is O=Cc1ccc(-c2c(F)c(F)c(F)c(F)c2F)c(F)n1. The van der Waals surface area contributed by atoms with Gasteiger partial charge in [0.15, 0.2) is 29.6 Å². The van der Waals surface area contributed by atoms with E-state index in [0.717, 1.165) is 6.07 Å². The first-order chi connectivity index (χ1) is 9.38. The average Bonchev–Trinajstić information content (AvgIpc) is 2.44. The van der Waals surface area contributed by atoms with E-state index in [2.05, 4.69) is 4.98 Å². The molecule has 2 aromatic rings. The summed E-state index contributed by atoms with van der Waals surface area (Å²) in [4.78, 5) is 13.4. The second kappa shape index (κ2) is 4.95. The minimum Gasteiger partial charge on any atom is -0.296 e. The molecule has 1 heterocycles. The molecule has 1 aromatic heterocycles. The summed E-state index contributed by atoms with van der Waals surface area (Å²) in [6, 6.07) is 1.58. The Morgan fingerprint density at radius 3 is 1.75 bits per heavy atom. The van der Waals surface area contributed by atoms with Crippen LogP contribution in [-0.4, -0.2) is 11.3 Å². The van der Waals surface area contributed by atoms with Gasteiger partial charge >= 0.3 is 0 Å². The molecule has 0 unspecified atom stereocenters. The van der Waals surface area contributed by atoms with Gasteiger partial charge in [-0.3, -0.25) is 4.79 Å². The van der Waals surface area contributed by atoms with Crippen molar-refractivity contribution in [3.63, 3.8) is 0 Å². The predicted octanol–water partition coefficient (Wildman–Crippen LogP) is 3.40. The van der Waals surface area contributed by atoms with Gasteiger partial charge in [0.2, 0.25) is 11.8 Å².